The lowest BCUT2D eigenvalue weighted by atomic mass is 10.0. The molecule has 2 aromatic carbocycles. The molecule has 1 unspecified atom stereocenters. The second kappa shape index (κ2) is 5.54. The van der Waals surface area contributed by atoms with E-state index < -0.39 is 6.10 Å². The molecule has 1 atom stereocenters. The monoisotopic (exact) mass is 266 g/mol. The third-order valence-electron chi connectivity index (χ3n) is 2.64. The predicted molar refractivity (Wildman–Crippen MR) is 71.6 cm³/mol. The summed E-state index contributed by atoms with van der Waals surface area (Å²) in [5.74, 6) is 0. The normalized spacial score (nSPS) is 12.4. The Balaban J connectivity index is 2.22. The fraction of sp³-hybridized carbons (Fsp3) is 0.143. The van der Waals surface area contributed by atoms with E-state index in [1.807, 2.05) is 30.3 Å². The minimum Gasteiger partial charge on any atom is -0.388 e. The van der Waals surface area contributed by atoms with Crippen molar-refractivity contribution in [3.8, 4) is 0 Å². The molecule has 17 heavy (non-hydrogen) atoms. The molecular formula is C14H12Cl2O. The highest BCUT2D eigenvalue weighted by molar-refractivity contribution is 6.35. The Kier molecular flexibility index (Phi) is 4.06. The lowest BCUT2D eigenvalue weighted by Gasteiger charge is -2.13. The van der Waals surface area contributed by atoms with Gasteiger partial charge in [0.05, 0.1) is 6.10 Å². The van der Waals surface area contributed by atoms with Crippen molar-refractivity contribution >= 4 is 23.2 Å². The Hall–Kier alpha value is -1.02. The average Bonchev–Trinajstić information content (AvgIpc) is 2.35. The van der Waals surface area contributed by atoms with Gasteiger partial charge in [0, 0.05) is 16.5 Å². The van der Waals surface area contributed by atoms with Crippen molar-refractivity contribution < 1.29 is 5.11 Å². The fourth-order valence-electron chi connectivity index (χ4n) is 1.71. The first-order valence-corrected chi connectivity index (χ1v) is 6.10. The summed E-state index contributed by atoms with van der Waals surface area (Å²) in [6.45, 7) is 0. The van der Waals surface area contributed by atoms with Crippen LogP contribution in [0.2, 0.25) is 10.0 Å². The van der Waals surface area contributed by atoms with Crippen LogP contribution in [0.25, 0.3) is 0 Å². The first-order valence-electron chi connectivity index (χ1n) is 5.34. The highest BCUT2D eigenvalue weighted by Gasteiger charge is 2.12. The SMILES string of the molecule is OC(Cc1c(Cl)cccc1Cl)c1ccccc1. The summed E-state index contributed by atoms with van der Waals surface area (Å²) in [6, 6.07) is 14.8. The van der Waals surface area contributed by atoms with Crippen LogP contribution >= 0.6 is 23.2 Å². The largest absolute Gasteiger partial charge is 0.388 e. The van der Waals surface area contributed by atoms with Crippen molar-refractivity contribution in [2.24, 2.45) is 0 Å². The first-order chi connectivity index (χ1) is 8.18. The molecule has 0 aliphatic heterocycles. The summed E-state index contributed by atoms with van der Waals surface area (Å²) in [7, 11) is 0. The molecule has 2 aromatic rings. The molecule has 1 nitrogen and oxygen atoms in total. The quantitative estimate of drug-likeness (QED) is 0.880. The van der Waals surface area contributed by atoms with E-state index in [0.29, 0.717) is 16.5 Å². The van der Waals surface area contributed by atoms with Crippen LogP contribution in [0.3, 0.4) is 0 Å². The summed E-state index contributed by atoms with van der Waals surface area (Å²) in [5, 5.41) is 11.3. The van der Waals surface area contributed by atoms with E-state index in [1.165, 1.54) is 0 Å². The highest BCUT2D eigenvalue weighted by Crippen LogP contribution is 2.29. The Morgan fingerprint density at radius 2 is 1.47 bits per heavy atom. The van der Waals surface area contributed by atoms with Gasteiger partial charge in [0.15, 0.2) is 0 Å². The zero-order valence-electron chi connectivity index (χ0n) is 9.11. The van der Waals surface area contributed by atoms with Gasteiger partial charge in [0.1, 0.15) is 0 Å². The summed E-state index contributed by atoms with van der Waals surface area (Å²) in [6.07, 6.45) is -0.170. The van der Waals surface area contributed by atoms with Gasteiger partial charge in [-0.2, -0.15) is 0 Å². The summed E-state index contributed by atoms with van der Waals surface area (Å²) in [4.78, 5) is 0. The molecule has 0 aliphatic carbocycles. The molecule has 0 amide bonds. The smallest absolute Gasteiger partial charge is 0.0831 e. The molecule has 0 fully saturated rings. The predicted octanol–water partition coefficient (Wildman–Crippen LogP) is 4.27. The van der Waals surface area contributed by atoms with Gasteiger partial charge in [-0.1, -0.05) is 59.6 Å². The van der Waals surface area contributed by atoms with Crippen LogP contribution in [0.1, 0.15) is 17.2 Å². The van der Waals surface area contributed by atoms with E-state index in [0.717, 1.165) is 11.1 Å². The number of hydrogen-bond donors (Lipinski definition) is 1. The molecule has 1 N–H and O–H groups in total. The van der Waals surface area contributed by atoms with Crippen LogP contribution in [0.5, 0.6) is 0 Å². The second-order valence-corrected chi connectivity index (χ2v) is 4.65. The number of aliphatic hydroxyl groups is 1. The van der Waals surface area contributed by atoms with E-state index >= 15 is 0 Å². The molecule has 88 valence electrons. The maximum Gasteiger partial charge on any atom is 0.0831 e. The van der Waals surface area contributed by atoms with Crippen LogP contribution in [0.4, 0.5) is 0 Å². The van der Waals surface area contributed by atoms with Crippen molar-refractivity contribution in [3.63, 3.8) is 0 Å². The van der Waals surface area contributed by atoms with Gasteiger partial charge in [0.25, 0.3) is 0 Å². The van der Waals surface area contributed by atoms with E-state index in [9.17, 15) is 5.11 Å². The van der Waals surface area contributed by atoms with Crippen LogP contribution in [0.15, 0.2) is 48.5 Å². The Labute approximate surface area is 111 Å². The molecule has 0 radical (unpaired) electrons. The van der Waals surface area contributed by atoms with Gasteiger partial charge in [-0.15, -0.1) is 0 Å². The molecule has 0 aromatic heterocycles. The Bertz CT molecular complexity index is 477. The lowest BCUT2D eigenvalue weighted by Crippen LogP contribution is -2.02. The minimum absolute atomic E-state index is 0.419. The minimum atomic E-state index is -0.589. The maximum atomic E-state index is 10.1. The number of hydrogen-bond acceptors (Lipinski definition) is 1. The zero-order chi connectivity index (χ0) is 12.3. The van der Waals surface area contributed by atoms with E-state index in [2.05, 4.69) is 0 Å². The molecule has 2 rings (SSSR count). The third-order valence-corrected chi connectivity index (χ3v) is 3.35. The van der Waals surface area contributed by atoms with Crippen LogP contribution in [-0.2, 0) is 6.42 Å². The van der Waals surface area contributed by atoms with Crippen molar-refractivity contribution in [3.05, 3.63) is 69.7 Å². The van der Waals surface area contributed by atoms with E-state index in [1.54, 1.807) is 18.2 Å². The molecule has 0 spiro atoms. The molecule has 0 saturated heterocycles. The van der Waals surface area contributed by atoms with Crippen LogP contribution < -0.4 is 0 Å². The zero-order valence-corrected chi connectivity index (χ0v) is 10.6. The van der Waals surface area contributed by atoms with Crippen molar-refractivity contribution in [1.82, 2.24) is 0 Å². The van der Waals surface area contributed by atoms with Gasteiger partial charge in [-0.3, -0.25) is 0 Å². The van der Waals surface area contributed by atoms with E-state index in [4.69, 9.17) is 23.2 Å². The number of aliphatic hydroxyl groups excluding tert-OH is 1. The van der Waals surface area contributed by atoms with Crippen molar-refractivity contribution in [1.29, 1.82) is 0 Å². The second-order valence-electron chi connectivity index (χ2n) is 3.83. The average molecular weight is 267 g/mol. The van der Waals surface area contributed by atoms with Gasteiger partial charge in [0.2, 0.25) is 0 Å². The molecule has 0 bridgehead atoms. The lowest BCUT2D eigenvalue weighted by molar-refractivity contribution is 0.178. The van der Waals surface area contributed by atoms with Crippen molar-refractivity contribution in [2.75, 3.05) is 0 Å². The topological polar surface area (TPSA) is 20.2 Å². The summed E-state index contributed by atoms with van der Waals surface area (Å²) >= 11 is 12.1. The third kappa shape index (κ3) is 3.01. The summed E-state index contributed by atoms with van der Waals surface area (Å²) in [5.41, 5.74) is 1.65. The highest BCUT2D eigenvalue weighted by atomic mass is 35.5. The number of benzene rings is 2. The van der Waals surface area contributed by atoms with Gasteiger partial charge in [-0.25, -0.2) is 0 Å². The van der Waals surface area contributed by atoms with Gasteiger partial charge in [-0.05, 0) is 23.3 Å². The van der Waals surface area contributed by atoms with Gasteiger partial charge >= 0.3 is 0 Å². The first kappa shape index (κ1) is 12.4. The number of rotatable bonds is 3. The molecule has 0 saturated carbocycles. The standard InChI is InChI=1S/C14H12Cl2O/c15-12-7-4-8-13(16)11(12)9-14(17)10-5-2-1-3-6-10/h1-8,14,17H,9H2. The molecule has 0 aliphatic rings. The number of halogens is 2. The molecule has 3 heteroatoms. The Morgan fingerprint density at radius 3 is 2.06 bits per heavy atom. The van der Waals surface area contributed by atoms with Gasteiger partial charge < -0.3 is 5.11 Å². The fourth-order valence-corrected chi connectivity index (χ4v) is 2.27. The van der Waals surface area contributed by atoms with Crippen molar-refractivity contribution in [2.45, 2.75) is 12.5 Å². The van der Waals surface area contributed by atoms with E-state index in [-0.39, 0.29) is 0 Å². The van der Waals surface area contributed by atoms with Crippen LogP contribution in [-0.4, -0.2) is 5.11 Å². The molecule has 0 heterocycles. The Morgan fingerprint density at radius 1 is 0.882 bits per heavy atom. The maximum absolute atomic E-state index is 10.1. The summed E-state index contributed by atoms with van der Waals surface area (Å²) < 4.78 is 0. The molecular weight excluding hydrogens is 255 g/mol. The van der Waals surface area contributed by atoms with Crippen LogP contribution in [0, 0.1) is 0 Å².